The lowest BCUT2D eigenvalue weighted by atomic mass is 10.1. The number of hydrogen-bond acceptors (Lipinski definition) is 3. The fourth-order valence-corrected chi connectivity index (χ4v) is 3.30. The molecule has 3 rings (SSSR count). The van der Waals surface area contributed by atoms with Crippen molar-refractivity contribution in [2.24, 2.45) is 0 Å². The number of carbonyl (C=O) groups is 2. The van der Waals surface area contributed by atoms with Crippen LogP contribution in [0.15, 0.2) is 42.5 Å². The van der Waals surface area contributed by atoms with Gasteiger partial charge >= 0.3 is 0 Å². The van der Waals surface area contributed by atoms with Gasteiger partial charge in [0.1, 0.15) is 18.4 Å². The highest BCUT2D eigenvalue weighted by atomic mass is 35.5. The van der Waals surface area contributed by atoms with E-state index >= 15 is 0 Å². The van der Waals surface area contributed by atoms with Crippen molar-refractivity contribution in [2.45, 2.75) is 13.0 Å². The standard InChI is InChI=1S/C18H16Cl2N2O3/c1-11(23)21-16-12-5-4-7-14(20)17(12)22(18(16)24)9-10-25-15-8-3-2-6-13(15)19/h2-8,16H,9-10H2,1H3,(H,21,23)/t16-/m1/s1. The first kappa shape index (κ1) is 17.6. The smallest absolute Gasteiger partial charge is 0.254 e. The van der Waals surface area contributed by atoms with Gasteiger partial charge in [-0.1, -0.05) is 47.5 Å². The Morgan fingerprint density at radius 3 is 2.60 bits per heavy atom. The minimum Gasteiger partial charge on any atom is -0.490 e. The monoisotopic (exact) mass is 378 g/mol. The van der Waals surface area contributed by atoms with E-state index in [9.17, 15) is 9.59 Å². The van der Waals surface area contributed by atoms with Gasteiger partial charge in [0.15, 0.2) is 0 Å². The maximum absolute atomic E-state index is 12.7. The Hall–Kier alpha value is -2.24. The molecule has 5 nitrogen and oxygen atoms in total. The number of benzene rings is 2. The summed E-state index contributed by atoms with van der Waals surface area (Å²) in [6.07, 6.45) is 0. The number of halogens is 2. The molecule has 2 amide bonds. The van der Waals surface area contributed by atoms with Gasteiger partial charge in [0.25, 0.3) is 5.91 Å². The second-order valence-corrected chi connectivity index (χ2v) is 6.39. The summed E-state index contributed by atoms with van der Waals surface area (Å²) in [7, 11) is 0. The van der Waals surface area contributed by atoms with Crippen molar-refractivity contribution in [1.29, 1.82) is 0 Å². The molecule has 1 aliphatic heterocycles. The van der Waals surface area contributed by atoms with E-state index in [2.05, 4.69) is 5.32 Å². The molecule has 0 fully saturated rings. The van der Waals surface area contributed by atoms with E-state index in [1.165, 1.54) is 11.8 Å². The van der Waals surface area contributed by atoms with Gasteiger partial charge in [0.05, 0.1) is 22.3 Å². The first-order chi connectivity index (χ1) is 12.0. The molecule has 1 atom stereocenters. The largest absolute Gasteiger partial charge is 0.490 e. The van der Waals surface area contributed by atoms with Gasteiger partial charge in [0.2, 0.25) is 5.91 Å². The van der Waals surface area contributed by atoms with Gasteiger partial charge in [-0.05, 0) is 18.2 Å². The zero-order valence-electron chi connectivity index (χ0n) is 13.5. The zero-order valence-corrected chi connectivity index (χ0v) is 15.0. The van der Waals surface area contributed by atoms with Gasteiger partial charge in [-0.2, -0.15) is 0 Å². The molecule has 0 unspecified atom stereocenters. The topological polar surface area (TPSA) is 58.6 Å². The molecule has 25 heavy (non-hydrogen) atoms. The summed E-state index contributed by atoms with van der Waals surface area (Å²) in [5.41, 5.74) is 1.29. The fourth-order valence-electron chi connectivity index (χ4n) is 2.82. The maximum Gasteiger partial charge on any atom is 0.254 e. The van der Waals surface area contributed by atoms with Crippen LogP contribution in [0.1, 0.15) is 18.5 Å². The van der Waals surface area contributed by atoms with Gasteiger partial charge in [-0.25, -0.2) is 0 Å². The van der Waals surface area contributed by atoms with E-state index in [0.29, 0.717) is 27.0 Å². The third-order valence-corrected chi connectivity index (χ3v) is 4.49. The highest BCUT2D eigenvalue weighted by molar-refractivity contribution is 6.35. The lowest BCUT2D eigenvalue weighted by molar-refractivity contribution is -0.126. The number of carbonyl (C=O) groups excluding carboxylic acids is 2. The summed E-state index contributed by atoms with van der Waals surface area (Å²) < 4.78 is 5.66. The van der Waals surface area contributed by atoms with Crippen LogP contribution in [0.3, 0.4) is 0 Å². The SMILES string of the molecule is CC(=O)N[C@H]1C(=O)N(CCOc2ccccc2Cl)c2c(Cl)cccc21. The van der Waals surface area contributed by atoms with Crippen LogP contribution in [0.25, 0.3) is 0 Å². The molecular formula is C18H16Cl2N2O3. The Balaban J connectivity index is 1.78. The average Bonchev–Trinajstić information content (AvgIpc) is 2.83. The Morgan fingerprint density at radius 1 is 1.16 bits per heavy atom. The van der Waals surface area contributed by atoms with Crippen molar-refractivity contribution in [2.75, 3.05) is 18.1 Å². The first-order valence-electron chi connectivity index (χ1n) is 7.73. The number of nitrogens with zero attached hydrogens (tertiary/aromatic N) is 1. The Kier molecular flexibility index (Phi) is 5.16. The number of anilines is 1. The lowest BCUT2D eigenvalue weighted by Crippen LogP contribution is -2.38. The first-order valence-corrected chi connectivity index (χ1v) is 8.49. The van der Waals surface area contributed by atoms with Crippen LogP contribution in [0.2, 0.25) is 10.0 Å². The van der Waals surface area contributed by atoms with Crippen LogP contribution in [0, 0.1) is 0 Å². The minimum atomic E-state index is -0.730. The molecule has 130 valence electrons. The highest BCUT2D eigenvalue weighted by Gasteiger charge is 2.39. The van der Waals surface area contributed by atoms with E-state index in [4.69, 9.17) is 27.9 Å². The van der Waals surface area contributed by atoms with E-state index in [1.54, 1.807) is 30.3 Å². The van der Waals surface area contributed by atoms with Gasteiger partial charge in [-0.15, -0.1) is 0 Å². The molecule has 0 radical (unpaired) electrons. The third-order valence-electron chi connectivity index (χ3n) is 3.87. The lowest BCUT2D eigenvalue weighted by Gasteiger charge is -2.19. The quantitative estimate of drug-likeness (QED) is 0.864. The van der Waals surface area contributed by atoms with Crippen molar-refractivity contribution >= 4 is 40.7 Å². The fraction of sp³-hybridized carbons (Fsp3) is 0.222. The molecule has 0 spiro atoms. The normalized spacial score (nSPS) is 15.9. The average molecular weight is 379 g/mol. The van der Waals surface area contributed by atoms with Crippen LogP contribution < -0.4 is 15.0 Å². The van der Waals surface area contributed by atoms with Crippen molar-refractivity contribution in [3.63, 3.8) is 0 Å². The molecule has 2 aromatic carbocycles. The Morgan fingerprint density at radius 2 is 1.88 bits per heavy atom. The van der Waals surface area contributed by atoms with E-state index in [1.807, 2.05) is 12.1 Å². The van der Waals surface area contributed by atoms with Gasteiger partial charge in [0, 0.05) is 12.5 Å². The predicted molar refractivity (Wildman–Crippen MR) is 97.3 cm³/mol. The Bertz CT molecular complexity index is 826. The summed E-state index contributed by atoms with van der Waals surface area (Å²) in [6, 6.07) is 11.7. The number of para-hydroxylation sites is 2. The molecule has 2 aromatic rings. The number of ether oxygens (including phenoxy) is 1. The van der Waals surface area contributed by atoms with Crippen LogP contribution in [-0.4, -0.2) is 25.0 Å². The molecule has 1 heterocycles. The number of fused-ring (bicyclic) bond motifs is 1. The molecule has 0 saturated heterocycles. The highest BCUT2D eigenvalue weighted by Crippen LogP contribution is 2.40. The molecule has 0 aliphatic carbocycles. The summed E-state index contributed by atoms with van der Waals surface area (Å²) in [6.45, 7) is 1.91. The second-order valence-electron chi connectivity index (χ2n) is 5.58. The van der Waals surface area contributed by atoms with Crippen LogP contribution >= 0.6 is 23.2 Å². The summed E-state index contributed by atoms with van der Waals surface area (Å²) in [5, 5.41) is 3.63. The Labute approximate surface area is 155 Å². The van der Waals surface area contributed by atoms with Crippen LogP contribution in [0.5, 0.6) is 5.75 Å². The number of rotatable bonds is 5. The summed E-state index contributed by atoms with van der Waals surface area (Å²) in [4.78, 5) is 25.7. The number of amides is 2. The summed E-state index contributed by atoms with van der Waals surface area (Å²) in [5.74, 6) is 0.0353. The van der Waals surface area contributed by atoms with Crippen molar-refractivity contribution in [1.82, 2.24) is 5.32 Å². The van der Waals surface area contributed by atoms with Crippen molar-refractivity contribution < 1.29 is 14.3 Å². The molecule has 1 N–H and O–H groups in total. The van der Waals surface area contributed by atoms with Crippen LogP contribution in [-0.2, 0) is 9.59 Å². The van der Waals surface area contributed by atoms with E-state index < -0.39 is 6.04 Å². The molecular weight excluding hydrogens is 363 g/mol. The zero-order chi connectivity index (χ0) is 18.0. The third kappa shape index (κ3) is 3.57. The molecule has 0 aromatic heterocycles. The van der Waals surface area contributed by atoms with E-state index in [-0.39, 0.29) is 25.0 Å². The molecule has 7 heteroatoms. The molecule has 1 aliphatic rings. The van der Waals surface area contributed by atoms with E-state index in [0.717, 1.165) is 0 Å². The maximum atomic E-state index is 12.7. The second kappa shape index (κ2) is 7.33. The number of hydrogen-bond donors (Lipinski definition) is 1. The molecule has 0 saturated carbocycles. The van der Waals surface area contributed by atoms with Gasteiger partial charge in [-0.3, -0.25) is 9.59 Å². The predicted octanol–water partition coefficient (Wildman–Crippen LogP) is 3.60. The van der Waals surface area contributed by atoms with Crippen molar-refractivity contribution in [3.05, 3.63) is 58.1 Å². The minimum absolute atomic E-state index is 0.235. The molecule has 0 bridgehead atoms. The van der Waals surface area contributed by atoms with Crippen LogP contribution in [0.4, 0.5) is 5.69 Å². The summed E-state index contributed by atoms with van der Waals surface area (Å²) >= 11 is 12.3. The van der Waals surface area contributed by atoms with Gasteiger partial charge < -0.3 is 15.0 Å². The van der Waals surface area contributed by atoms with Crippen molar-refractivity contribution in [3.8, 4) is 5.75 Å². The number of nitrogens with one attached hydrogen (secondary N) is 1.